The Balaban J connectivity index is 1.70. The zero-order valence-electron chi connectivity index (χ0n) is 11.7. The summed E-state index contributed by atoms with van der Waals surface area (Å²) in [7, 11) is 0. The van der Waals surface area contributed by atoms with Crippen LogP contribution < -0.4 is 5.32 Å². The first-order valence-electron chi connectivity index (χ1n) is 6.60. The highest BCUT2D eigenvalue weighted by atomic mass is 16.5. The second kappa shape index (κ2) is 6.79. The molecule has 2 aromatic rings. The van der Waals surface area contributed by atoms with Gasteiger partial charge in [-0.15, -0.1) is 0 Å². The molecule has 0 spiro atoms. The Hall–Kier alpha value is -2.24. The maximum absolute atomic E-state index is 11.7. The Kier molecular flexibility index (Phi) is 4.81. The molecular weight excluding hydrogens is 256 g/mol. The number of rotatable bonds is 6. The van der Waals surface area contributed by atoms with Crippen LogP contribution in [0.5, 0.6) is 0 Å². The SMILES string of the molecule is Cc1noc(C)c1CCCNC(=O)Cc1cnccn1. The molecule has 0 unspecified atom stereocenters. The van der Waals surface area contributed by atoms with Crippen molar-refractivity contribution in [3.05, 3.63) is 41.3 Å². The van der Waals surface area contributed by atoms with Crippen LogP contribution in [0.4, 0.5) is 0 Å². The fourth-order valence-corrected chi connectivity index (χ4v) is 2.00. The summed E-state index contributed by atoms with van der Waals surface area (Å²) in [6.45, 7) is 4.46. The highest BCUT2D eigenvalue weighted by Gasteiger charge is 2.09. The van der Waals surface area contributed by atoms with Crippen LogP contribution in [0, 0.1) is 13.8 Å². The molecule has 2 heterocycles. The highest BCUT2D eigenvalue weighted by Crippen LogP contribution is 2.13. The number of aryl methyl sites for hydroxylation is 2. The minimum Gasteiger partial charge on any atom is -0.361 e. The number of nitrogens with zero attached hydrogens (tertiary/aromatic N) is 3. The Labute approximate surface area is 117 Å². The fourth-order valence-electron chi connectivity index (χ4n) is 2.00. The van der Waals surface area contributed by atoms with Gasteiger partial charge in [-0.25, -0.2) is 0 Å². The quantitative estimate of drug-likeness (QED) is 0.805. The number of nitrogens with one attached hydrogen (secondary N) is 1. The number of carbonyl (C=O) groups is 1. The fraction of sp³-hybridized carbons (Fsp3) is 0.429. The zero-order valence-corrected chi connectivity index (χ0v) is 11.7. The Morgan fingerprint density at radius 2 is 2.20 bits per heavy atom. The van der Waals surface area contributed by atoms with E-state index in [1.165, 1.54) is 0 Å². The molecule has 106 valence electrons. The topological polar surface area (TPSA) is 80.9 Å². The van der Waals surface area contributed by atoms with Crippen LogP contribution in [-0.4, -0.2) is 27.6 Å². The number of aromatic nitrogens is 3. The lowest BCUT2D eigenvalue weighted by molar-refractivity contribution is -0.120. The summed E-state index contributed by atoms with van der Waals surface area (Å²) in [6, 6.07) is 0. The molecule has 6 nitrogen and oxygen atoms in total. The van der Waals surface area contributed by atoms with Crippen molar-refractivity contribution in [3.63, 3.8) is 0 Å². The van der Waals surface area contributed by atoms with Crippen molar-refractivity contribution in [3.8, 4) is 0 Å². The molecule has 20 heavy (non-hydrogen) atoms. The van der Waals surface area contributed by atoms with Gasteiger partial charge in [-0.2, -0.15) is 0 Å². The summed E-state index contributed by atoms with van der Waals surface area (Å²) in [5.74, 6) is 0.817. The third-order valence-electron chi connectivity index (χ3n) is 3.07. The van der Waals surface area contributed by atoms with Gasteiger partial charge in [-0.1, -0.05) is 5.16 Å². The molecule has 0 fully saturated rings. The number of hydrogen-bond acceptors (Lipinski definition) is 5. The highest BCUT2D eigenvalue weighted by molar-refractivity contribution is 5.77. The second-order valence-electron chi connectivity index (χ2n) is 4.63. The minimum atomic E-state index is -0.0377. The number of hydrogen-bond donors (Lipinski definition) is 1. The second-order valence-corrected chi connectivity index (χ2v) is 4.63. The Morgan fingerprint density at radius 1 is 1.35 bits per heavy atom. The summed E-state index contributed by atoms with van der Waals surface area (Å²) >= 11 is 0. The van der Waals surface area contributed by atoms with Crippen molar-refractivity contribution in [2.75, 3.05) is 6.54 Å². The largest absolute Gasteiger partial charge is 0.361 e. The lowest BCUT2D eigenvalue weighted by Crippen LogP contribution is -2.26. The van der Waals surface area contributed by atoms with Crippen LogP contribution in [-0.2, 0) is 17.6 Å². The van der Waals surface area contributed by atoms with E-state index in [1.54, 1.807) is 18.6 Å². The van der Waals surface area contributed by atoms with E-state index in [-0.39, 0.29) is 12.3 Å². The van der Waals surface area contributed by atoms with Crippen LogP contribution in [0.3, 0.4) is 0 Å². The molecule has 1 N–H and O–H groups in total. The first-order chi connectivity index (χ1) is 9.66. The van der Waals surface area contributed by atoms with Crippen molar-refractivity contribution < 1.29 is 9.32 Å². The minimum absolute atomic E-state index is 0.0377. The number of carbonyl (C=O) groups excluding carboxylic acids is 1. The van der Waals surface area contributed by atoms with Crippen LogP contribution in [0.25, 0.3) is 0 Å². The lowest BCUT2D eigenvalue weighted by atomic mass is 10.1. The number of amides is 1. The van der Waals surface area contributed by atoms with E-state index >= 15 is 0 Å². The van der Waals surface area contributed by atoms with Crippen molar-refractivity contribution >= 4 is 5.91 Å². The summed E-state index contributed by atoms with van der Waals surface area (Å²) in [5, 5.41) is 6.78. The van der Waals surface area contributed by atoms with Gasteiger partial charge in [0.05, 0.1) is 17.8 Å². The molecule has 2 rings (SSSR count). The molecule has 0 aliphatic heterocycles. The average Bonchev–Trinajstić information content (AvgIpc) is 2.76. The van der Waals surface area contributed by atoms with Gasteiger partial charge < -0.3 is 9.84 Å². The van der Waals surface area contributed by atoms with Crippen LogP contribution in [0.1, 0.15) is 29.1 Å². The molecule has 0 aliphatic carbocycles. The van der Waals surface area contributed by atoms with E-state index in [1.807, 2.05) is 13.8 Å². The summed E-state index contributed by atoms with van der Waals surface area (Å²) in [6.07, 6.45) is 6.75. The van der Waals surface area contributed by atoms with Gasteiger partial charge in [0, 0.05) is 30.7 Å². The summed E-state index contributed by atoms with van der Waals surface area (Å²) in [5.41, 5.74) is 2.73. The van der Waals surface area contributed by atoms with Crippen LogP contribution in [0.2, 0.25) is 0 Å². The first kappa shape index (κ1) is 14.2. The van der Waals surface area contributed by atoms with E-state index < -0.39 is 0 Å². The molecule has 2 aromatic heterocycles. The van der Waals surface area contributed by atoms with Crippen molar-refractivity contribution in [1.82, 2.24) is 20.4 Å². The standard InChI is InChI=1S/C14H18N4O2/c1-10-13(11(2)20-18-10)4-3-5-17-14(19)8-12-9-15-6-7-16-12/h6-7,9H,3-5,8H2,1-2H3,(H,17,19). The van der Waals surface area contributed by atoms with Crippen molar-refractivity contribution in [1.29, 1.82) is 0 Å². The molecule has 1 amide bonds. The molecule has 0 atom stereocenters. The molecule has 0 bridgehead atoms. The maximum Gasteiger partial charge on any atom is 0.226 e. The van der Waals surface area contributed by atoms with Gasteiger partial charge in [0.25, 0.3) is 0 Å². The van der Waals surface area contributed by atoms with E-state index in [9.17, 15) is 4.79 Å². The predicted molar refractivity (Wildman–Crippen MR) is 73.0 cm³/mol. The summed E-state index contributed by atoms with van der Waals surface area (Å²) in [4.78, 5) is 19.7. The van der Waals surface area contributed by atoms with E-state index in [2.05, 4.69) is 20.4 Å². The lowest BCUT2D eigenvalue weighted by Gasteiger charge is -2.04. The maximum atomic E-state index is 11.7. The monoisotopic (exact) mass is 274 g/mol. The molecule has 0 aliphatic rings. The normalized spacial score (nSPS) is 10.5. The Bertz CT molecular complexity index is 546. The smallest absolute Gasteiger partial charge is 0.226 e. The predicted octanol–water partition coefficient (Wildman–Crippen LogP) is 1.37. The van der Waals surface area contributed by atoms with Crippen LogP contribution in [0.15, 0.2) is 23.1 Å². The zero-order chi connectivity index (χ0) is 14.4. The summed E-state index contributed by atoms with van der Waals surface area (Å²) < 4.78 is 5.10. The average molecular weight is 274 g/mol. The van der Waals surface area contributed by atoms with E-state index in [4.69, 9.17) is 4.52 Å². The van der Waals surface area contributed by atoms with Gasteiger partial charge in [0.15, 0.2) is 0 Å². The van der Waals surface area contributed by atoms with Crippen LogP contribution >= 0.6 is 0 Å². The van der Waals surface area contributed by atoms with Crippen molar-refractivity contribution in [2.24, 2.45) is 0 Å². The molecule has 0 saturated heterocycles. The Morgan fingerprint density at radius 3 is 2.85 bits per heavy atom. The molecule has 0 aromatic carbocycles. The molecule has 6 heteroatoms. The van der Waals surface area contributed by atoms with Gasteiger partial charge in [0.1, 0.15) is 5.76 Å². The van der Waals surface area contributed by atoms with Crippen molar-refractivity contribution in [2.45, 2.75) is 33.1 Å². The van der Waals surface area contributed by atoms with Gasteiger partial charge in [0.2, 0.25) is 5.91 Å². The third-order valence-corrected chi connectivity index (χ3v) is 3.07. The molecule has 0 saturated carbocycles. The first-order valence-corrected chi connectivity index (χ1v) is 6.60. The molecular formula is C14H18N4O2. The third kappa shape index (κ3) is 3.88. The molecule has 0 radical (unpaired) electrons. The van der Waals surface area contributed by atoms with Gasteiger partial charge >= 0.3 is 0 Å². The van der Waals surface area contributed by atoms with E-state index in [0.717, 1.165) is 29.9 Å². The van der Waals surface area contributed by atoms with Gasteiger partial charge in [-0.3, -0.25) is 14.8 Å². The van der Waals surface area contributed by atoms with Gasteiger partial charge in [-0.05, 0) is 26.7 Å². The van der Waals surface area contributed by atoms with E-state index in [0.29, 0.717) is 12.2 Å².